The maximum atomic E-state index is 10.3. The van der Waals surface area contributed by atoms with Gasteiger partial charge in [0.25, 0.3) is 0 Å². The van der Waals surface area contributed by atoms with Crippen LogP contribution in [-0.4, -0.2) is 39.1 Å². The highest BCUT2D eigenvalue weighted by Gasteiger charge is 2.15. The molecule has 9 heteroatoms. The average Bonchev–Trinajstić information content (AvgIpc) is 2.36. The first-order valence-corrected chi connectivity index (χ1v) is 7.34. The highest BCUT2D eigenvalue weighted by Crippen LogP contribution is 2.30. The van der Waals surface area contributed by atoms with E-state index in [1.807, 2.05) is 0 Å². The molecule has 0 spiro atoms. The smallest absolute Gasteiger partial charge is 0.397 e. The Balaban J connectivity index is 2.03. The minimum Gasteiger partial charge on any atom is -0.466 e. The lowest BCUT2D eigenvalue weighted by Gasteiger charge is -2.19. The molecule has 7 nitrogen and oxygen atoms in total. The summed E-state index contributed by atoms with van der Waals surface area (Å²) < 4.78 is 43.7. The van der Waals surface area contributed by atoms with E-state index in [2.05, 4.69) is 9.18 Å². The molecule has 1 aromatic rings. The number of halogens is 1. The molecule has 0 radical (unpaired) electrons. The average molecular weight is 322 g/mol. The standard InChI is InChI=1S/C11H12ClNO6S/c12-10-3-8(5-13-1-2-19-20(14,15)16)11-9(4-10)6-17-7-18-11/h3-5H,1-2,6-7H2,(H,14,15,16). The molecule has 0 amide bonds. The van der Waals surface area contributed by atoms with Gasteiger partial charge in [0.05, 0.1) is 19.8 Å². The summed E-state index contributed by atoms with van der Waals surface area (Å²) in [6, 6.07) is 3.42. The second-order valence-corrected chi connectivity index (χ2v) is 5.41. The highest BCUT2D eigenvalue weighted by atomic mass is 35.5. The van der Waals surface area contributed by atoms with Gasteiger partial charge in [0, 0.05) is 22.4 Å². The summed E-state index contributed by atoms with van der Waals surface area (Å²) in [7, 11) is -4.43. The molecule has 0 unspecified atom stereocenters. The molecule has 1 heterocycles. The van der Waals surface area contributed by atoms with Gasteiger partial charge in [-0.15, -0.1) is 0 Å². The van der Waals surface area contributed by atoms with Gasteiger partial charge in [0.1, 0.15) is 5.75 Å². The summed E-state index contributed by atoms with van der Waals surface area (Å²) in [4.78, 5) is 3.99. The Morgan fingerprint density at radius 1 is 1.50 bits per heavy atom. The number of fused-ring (bicyclic) bond motifs is 1. The minimum atomic E-state index is -4.43. The maximum Gasteiger partial charge on any atom is 0.397 e. The Hall–Kier alpha value is -1.19. The lowest BCUT2D eigenvalue weighted by molar-refractivity contribution is -0.0164. The van der Waals surface area contributed by atoms with Crippen molar-refractivity contribution in [1.29, 1.82) is 0 Å². The van der Waals surface area contributed by atoms with Gasteiger partial charge in [-0.05, 0) is 12.1 Å². The van der Waals surface area contributed by atoms with E-state index in [1.165, 1.54) is 6.21 Å². The van der Waals surface area contributed by atoms with Crippen molar-refractivity contribution in [2.75, 3.05) is 19.9 Å². The fraction of sp³-hybridized carbons (Fsp3) is 0.364. The lowest BCUT2D eigenvalue weighted by atomic mass is 10.1. The second kappa shape index (κ2) is 6.51. The summed E-state index contributed by atoms with van der Waals surface area (Å²) in [5, 5.41) is 0.522. The lowest BCUT2D eigenvalue weighted by Crippen LogP contribution is -2.13. The monoisotopic (exact) mass is 321 g/mol. The molecule has 110 valence electrons. The Bertz CT molecular complexity index is 616. The van der Waals surface area contributed by atoms with Gasteiger partial charge in [0.2, 0.25) is 0 Å². The zero-order valence-electron chi connectivity index (χ0n) is 10.3. The minimum absolute atomic E-state index is 0.0670. The van der Waals surface area contributed by atoms with Crippen LogP contribution in [0, 0.1) is 0 Å². The van der Waals surface area contributed by atoms with Gasteiger partial charge in [-0.3, -0.25) is 9.55 Å². The van der Waals surface area contributed by atoms with E-state index in [9.17, 15) is 8.42 Å². The van der Waals surface area contributed by atoms with Crippen molar-refractivity contribution >= 4 is 28.2 Å². The molecule has 0 aromatic heterocycles. The number of hydrogen-bond donors (Lipinski definition) is 1. The van der Waals surface area contributed by atoms with Crippen molar-refractivity contribution in [3.63, 3.8) is 0 Å². The molecule has 1 aliphatic heterocycles. The van der Waals surface area contributed by atoms with Crippen LogP contribution in [0.25, 0.3) is 0 Å². The van der Waals surface area contributed by atoms with Crippen LogP contribution in [0.1, 0.15) is 11.1 Å². The molecule has 1 aromatic carbocycles. The predicted molar refractivity (Wildman–Crippen MR) is 71.7 cm³/mol. The Kier molecular flexibility index (Phi) is 4.95. The zero-order valence-corrected chi connectivity index (χ0v) is 11.9. The SMILES string of the molecule is O=S(=O)(O)OCCN=Cc1cc(Cl)cc2c1OCOC2. The van der Waals surface area contributed by atoms with E-state index in [-0.39, 0.29) is 19.9 Å². The molecule has 2 rings (SSSR count). The van der Waals surface area contributed by atoms with Crippen molar-refractivity contribution < 1.29 is 26.6 Å². The fourth-order valence-corrected chi connectivity index (χ4v) is 2.20. The second-order valence-electron chi connectivity index (χ2n) is 3.88. The molecular formula is C11H12ClNO6S. The van der Waals surface area contributed by atoms with Gasteiger partial charge in [-0.25, -0.2) is 4.18 Å². The van der Waals surface area contributed by atoms with Gasteiger partial charge in [-0.1, -0.05) is 11.6 Å². The first kappa shape index (κ1) is 15.2. The summed E-state index contributed by atoms with van der Waals surface area (Å²) in [5.41, 5.74) is 1.49. The normalized spacial score (nSPS) is 15.1. The van der Waals surface area contributed by atoms with E-state index < -0.39 is 10.4 Å². The van der Waals surface area contributed by atoms with Crippen LogP contribution in [0.4, 0.5) is 0 Å². The number of nitrogens with zero attached hydrogens (tertiary/aromatic N) is 1. The van der Waals surface area contributed by atoms with Crippen molar-refractivity contribution in [3.05, 3.63) is 28.3 Å². The Morgan fingerprint density at radius 2 is 2.30 bits per heavy atom. The maximum absolute atomic E-state index is 10.3. The Labute approximate surface area is 121 Å². The molecule has 1 N–H and O–H groups in total. The molecule has 0 bridgehead atoms. The first-order valence-electron chi connectivity index (χ1n) is 5.60. The van der Waals surface area contributed by atoms with Gasteiger partial charge < -0.3 is 9.47 Å². The molecule has 0 saturated carbocycles. The van der Waals surface area contributed by atoms with Crippen LogP contribution >= 0.6 is 11.6 Å². The third-order valence-corrected chi connectivity index (χ3v) is 3.07. The Morgan fingerprint density at radius 3 is 3.05 bits per heavy atom. The predicted octanol–water partition coefficient (Wildman–Crippen LogP) is 1.44. The van der Waals surface area contributed by atoms with Crippen LogP contribution in [0.3, 0.4) is 0 Å². The van der Waals surface area contributed by atoms with Gasteiger partial charge >= 0.3 is 10.4 Å². The quantitative estimate of drug-likeness (QED) is 0.501. The van der Waals surface area contributed by atoms with Crippen molar-refractivity contribution in [1.82, 2.24) is 0 Å². The van der Waals surface area contributed by atoms with Gasteiger partial charge in [-0.2, -0.15) is 8.42 Å². The highest BCUT2D eigenvalue weighted by molar-refractivity contribution is 7.80. The molecule has 1 aliphatic rings. The van der Waals surface area contributed by atoms with Crippen molar-refractivity contribution in [2.24, 2.45) is 4.99 Å². The third kappa shape index (κ3) is 4.43. The van der Waals surface area contributed by atoms with Crippen LogP contribution in [-0.2, 0) is 25.9 Å². The van der Waals surface area contributed by atoms with E-state index in [1.54, 1.807) is 12.1 Å². The largest absolute Gasteiger partial charge is 0.466 e. The number of rotatable bonds is 5. The number of ether oxygens (including phenoxy) is 2. The number of hydrogen-bond acceptors (Lipinski definition) is 6. The molecule has 0 saturated heterocycles. The molecule has 0 aliphatic carbocycles. The summed E-state index contributed by atoms with van der Waals surface area (Å²) in [5.74, 6) is 0.639. The van der Waals surface area contributed by atoms with Crippen molar-refractivity contribution in [3.8, 4) is 5.75 Å². The molecule has 20 heavy (non-hydrogen) atoms. The van der Waals surface area contributed by atoms with Crippen molar-refractivity contribution in [2.45, 2.75) is 6.61 Å². The van der Waals surface area contributed by atoms with E-state index in [0.29, 0.717) is 22.9 Å². The van der Waals surface area contributed by atoms with Crippen LogP contribution in [0.15, 0.2) is 17.1 Å². The van der Waals surface area contributed by atoms with Crippen LogP contribution < -0.4 is 4.74 Å². The fourth-order valence-electron chi connectivity index (χ4n) is 1.66. The molecular weight excluding hydrogens is 310 g/mol. The first-order chi connectivity index (χ1) is 9.46. The third-order valence-electron chi connectivity index (χ3n) is 2.39. The number of aliphatic imine (C=N–C) groups is 1. The topological polar surface area (TPSA) is 94.4 Å². The summed E-state index contributed by atoms with van der Waals surface area (Å²) in [6.07, 6.45) is 1.50. The summed E-state index contributed by atoms with van der Waals surface area (Å²) in [6.45, 7) is 0.379. The van der Waals surface area contributed by atoms with E-state index >= 15 is 0 Å². The van der Waals surface area contributed by atoms with E-state index in [4.69, 9.17) is 25.6 Å². The van der Waals surface area contributed by atoms with Gasteiger partial charge in [0.15, 0.2) is 6.79 Å². The van der Waals surface area contributed by atoms with E-state index in [0.717, 1.165) is 5.56 Å². The number of benzene rings is 1. The molecule has 0 fully saturated rings. The molecule has 0 atom stereocenters. The zero-order chi connectivity index (χ0) is 14.6. The van der Waals surface area contributed by atoms with Crippen LogP contribution in [0.5, 0.6) is 5.75 Å². The van der Waals surface area contributed by atoms with Crippen LogP contribution in [0.2, 0.25) is 5.02 Å². The summed E-state index contributed by atoms with van der Waals surface area (Å²) >= 11 is 5.97.